The number of carboxylic acid groups (broad SMARTS) is 1. The SMILES string of the molecule is CC(C)Cc1c(Cl)cccc1-c1nc(-c2ccc(CN3CCC(C)(C(=O)[O-])CC3)cc2)no1.[Na+]. The Hall–Kier alpha value is -1.70. The van der Waals surface area contributed by atoms with Crippen LogP contribution in [-0.2, 0) is 17.8 Å². The summed E-state index contributed by atoms with van der Waals surface area (Å²) in [6, 6.07) is 13.9. The maximum absolute atomic E-state index is 11.3. The second-order valence-electron chi connectivity index (χ2n) is 9.61. The van der Waals surface area contributed by atoms with Crippen LogP contribution in [0, 0.1) is 11.3 Å². The molecule has 34 heavy (non-hydrogen) atoms. The number of hydrogen-bond donors (Lipinski definition) is 0. The fourth-order valence-corrected chi connectivity index (χ4v) is 4.50. The molecular weight excluding hydrogens is 461 g/mol. The van der Waals surface area contributed by atoms with Crippen molar-refractivity contribution in [3.8, 4) is 22.8 Å². The zero-order valence-electron chi connectivity index (χ0n) is 20.3. The number of carbonyl (C=O) groups excluding carboxylic acids is 1. The first kappa shape index (κ1) is 26.9. The van der Waals surface area contributed by atoms with Crippen LogP contribution in [0.4, 0.5) is 0 Å². The molecule has 4 rings (SSSR count). The number of benzene rings is 2. The second-order valence-corrected chi connectivity index (χ2v) is 10.0. The molecule has 0 amide bonds. The van der Waals surface area contributed by atoms with Gasteiger partial charge >= 0.3 is 29.6 Å². The van der Waals surface area contributed by atoms with Gasteiger partial charge in [-0.3, -0.25) is 4.90 Å². The molecule has 8 heteroatoms. The summed E-state index contributed by atoms with van der Waals surface area (Å²) in [5.41, 5.74) is 3.23. The van der Waals surface area contributed by atoms with E-state index in [1.165, 1.54) is 0 Å². The van der Waals surface area contributed by atoms with Crippen molar-refractivity contribution in [2.24, 2.45) is 11.3 Å². The summed E-state index contributed by atoms with van der Waals surface area (Å²) in [4.78, 5) is 18.2. The van der Waals surface area contributed by atoms with E-state index in [9.17, 15) is 9.90 Å². The molecule has 1 saturated heterocycles. The number of rotatable bonds is 7. The van der Waals surface area contributed by atoms with Crippen molar-refractivity contribution in [2.45, 2.75) is 46.6 Å². The van der Waals surface area contributed by atoms with Gasteiger partial charge in [0.25, 0.3) is 5.89 Å². The van der Waals surface area contributed by atoms with E-state index in [0.29, 0.717) is 35.5 Å². The minimum atomic E-state index is -0.944. The zero-order valence-corrected chi connectivity index (χ0v) is 23.1. The topological polar surface area (TPSA) is 82.3 Å². The molecule has 1 aliphatic rings. The Bertz CT molecular complexity index is 1120. The molecule has 174 valence electrons. The van der Waals surface area contributed by atoms with Gasteiger partial charge in [-0.25, -0.2) is 0 Å². The number of carboxylic acids is 1. The van der Waals surface area contributed by atoms with E-state index in [0.717, 1.165) is 48.3 Å². The number of likely N-dealkylation sites (tertiary alicyclic amines) is 1. The summed E-state index contributed by atoms with van der Waals surface area (Å²) in [7, 11) is 0. The first-order valence-corrected chi connectivity index (χ1v) is 11.8. The van der Waals surface area contributed by atoms with Gasteiger partial charge in [0.1, 0.15) is 0 Å². The summed E-state index contributed by atoms with van der Waals surface area (Å²) in [5, 5.41) is 16.2. The van der Waals surface area contributed by atoms with Crippen LogP contribution in [-0.4, -0.2) is 34.1 Å². The van der Waals surface area contributed by atoms with Crippen molar-refractivity contribution in [3.63, 3.8) is 0 Å². The third-order valence-corrected chi connectivity index (χ3v) is 6.81. The average molecular weight is 490 g/mol. The third kappa shape index (κ3) is 6.10. The number of piperidine rings is 1. The smallest absolute Gasteiger partial charge is 0.550 e. The van der Waals surface area contributed by atoms with Crippen LogP contribution >= 0.6 is 11.6 Å². The molecule has 0 atom stereocenters. The predicted octanol–water partition coefficient (Wildman–Crippen LogP) is 1.61. The van der Waals surface area contributed by atoms with E-state index in [-0.39, 0.29) is 29.6 Å². The molecule has 3 aromatic rings. The van der Waals surface area contributed by atoms with Crippen molar-refractivity contribution in [2.75, 3.05) is 13.1 Å². The molecule has 2 heterocycles. The molecule has 0 unspecified atom stereocenters. The molecule has 2 aromatic carbocycles. The molecule has 1 aromatic heterocycles. The van der Waals surface area contributed by atoms with Crippen LogP contribution in [0.2, 0.25) is 5.02 Å². The van der Waals surface area contributed by atoms with Gasteiger partial charge in [-0.1, -0.05) is 67.9 Å². The molecule has 0 spiro atoms. The summed E-state index contributed by atoms with van der Waals surface area (Å²) in [6.07, 6.45) is 2.06. The monoisotopic (exact) mass is 489 g/mol. The summed E-state index contributed by atoms with van der Waals surface area (Å²) >= 11 is 6.45. The maximum atomic E-state index is 11.3. The zero-order chi connectivity index (χ0) is 23.6. The Morgan fingerprint density at radius 2 is 1.85 bits per heavy atom. The first-order valence-electron chi connectivity index (χ1n) is 11.4. The molecule has 1 fully saturated rings. The van der Waals surface area contributed by atoms with Crippen molar-refractivity contribution < 1.29 is 44.0 Å². The Labute approximate surface area is 228 Å². The minimum absolute atomic E-state index is 0. The van der Waals surface area contributed by atoms with Gasteiger partial charge in [-0.15, -0.1) is 0 Å². The van der Waals surface area contributed by atoms with Crippen LogP contribution in [0.5, 0.6) is 0 Å². The molecule has 0 saturated carbocycles. The van der Waals surface area contributed by atoms with Crippen molar-refractivity contribution in [3.05, 3.63) is 58.6 Å². The quantitative estimate of drug-likeness (QED) is 0.469. The third-order valence-electron chi connectivity index (χ3n) is 6.46. The van der Waals surface area contributed by atoms with Crippen molar-refractivity contribution >= 4 is 17.6 Å². The fourth-order valence-electron chi connectivity index (χ4n) is 4.25. The van der Waals surface area contributed by atoms with Gasteiger partial charge in [0, 0.05) is 34.1 Å². The molecule has 0 N–H and O–H groups in total. The van der Waals surface area contributed by atoms with Crippen molar-refractivity contribution in [1.82, 2.24) is 15.0 Å². The van der Waals surface area contributed by atoms with E-state index in [4.69, 9.17) is 16.1 Å². The van der Waals surface area contributed by atoms with Crippen molar-refractivity contribution in [1.29, 1.82) is 0 Å². The normalized spacial score (nSPS) is 15.8. The van der Waals surface area contributed by atoms with E-state index >= 15 is 0 Å². The van der Waals surface area contributed by atoms with Crippen LogP contribution in [0.1, 0.15) is 44.7 Å². The second kappa shape index (κ2) is 11.4. The van der Waals surface area contributed by atoms with Crippen LogP contribution in [0.15, 0.2) is 47.0 Å². The van der Waals surface area contributed by atoms with E-state index in [2.05, 4.69) is 41.0 Å². The van der Waals surface area contributed by atoms with Gasteiger partial charge < -0.3 is 14.4 Å². The van der Waals surface area contributed by atoms with E-state index in [1.54, 1.807) is 6.92 Å². The molecule has 6 nitrogen and oxygen atoms in total. The van der Waals surface area contributed by atoms with Gasteiger partial charge in [-0.2, -0.15) is 4.98 Å². The molecular formula is C26H29ClN3NaO3. The van der Waals surface area contributed by atoms with Crippen LogP contribution in [0.25, 0.3) is 22.8 Å². The number of hydrogen-bond acceptors (Lipinski definition) is 6. The largest absolute Gasteiger partial charge is 1.00 e. The van der Waals surface area contributed by atoms with Crippen LogP contribution < -0.4 is 34.7 Å². The molecule has 1 aliphatic heterocycles. The summed E-state index contributed by atoms with van der Waals surface area (Å²) in [5.74, 6) is 0.513. The van der Waals surface area contributed by atoms with Gasteiger partial charge in [0.2, 0.25) is 5.82 Å². The number of nitrogens with zero attached hydrogens (tertiary/aromatic N) is 3. The summed E-state index contributed by atoms with van der Waals surface area (Å²) in [6.45, 7) is 8.36. The number of aromatic nitrogens is 2. The van der Waals surface area contributed by atoms with E-state index in [1.807, 2.05) is 30.3 Å². The minimum Gasteiger partial charge on any atom is -0.550 e. The molecule has 0 bridgehead atoms. The maximum Gasteiger partial charge on any atom is 1.00 e. The van der Waals surface area contributed by atoms with Crippen LogP contribution in [0.3, 0.4) is 0 Å². The average Bonchev–Trinajstić information content (AvgIpc) is 3.27. The number of aliphatic carboxylic acids is 1. The van der Waals surface area contributed by atoms with Gasteiger partial charge in [-0.05, 0) is 61.5 Å². The summed E-state index contributed by atoms with van der Waals surface area (Å²) < 4.78 is 5.59. The van der Waals surface area contributed by atoms with Gasteiger partial charge in [0.05, 0.1) is 0 Å². The molecule has 0 aliphatic carbocycles. The fraction of sp³-hybridized carbons (Fsp3) is 0.423. The molecule has 0 radical (unpaired) electrons. The first-order chi connectivity index (χ1) is 15.7. The number of carbonyl (C=O) groups is 1. The van der Waals surface area contributed by atoms with Gasteiger partial charge in [0.15, 0.2) is 0 Å². The Morgan fingerprint density at radius 1 is 1.18 bits per heavy atom. The van der Waals surface area contributed by atoms with E-state index < -0.39 is 11.4 Å². The Kier molecular flexibility index (Phi) is 8.98. The predicted molar refractivity (Wildman–Crippen MR) is 126 cm³/mol. The number of halogens is 1. The Morgan fingerprint density at radius 3 is 2.47 bits per heavy atom. The Balaban J connectivity index is 0.00000324. The standard InChI is InChI=1S/C26H30ClN3O3.Na/c1-17(2)15-21-20(5-4-6-22(21)27)24-28-23(29-33-24)19-9-7-18(8-10-19)16-30-13-11-26(3,12-14-30)25(31)32;/h4-10,17H,11-16H2,1-3H3,(H,31,32);/q;+1/p-1.